The highest BCUT2D eigenvalue weighted by molar-refractivity contribution is 7.57. The van der Waals surface area contributed by atoms with Gasteiger partial charge in [-0.1, -0.05) is 42.5 Å². The molecule has 2 atom stereocenters. The maximum Gasteiger partial charge on any atom is 0.207 e. The van der Waals surface area contributed by atoms with Gasteiger partial charge in [0.1, 0.15) is 0 Å². The fourth-order valence-electron chi connectivity index (χ4n) is 2.57. The lowest BCUT2D eigenvalue weighted by molar-refractivity contribution is 0.191. The molecule has 0 radical (unpaired) electrons. The number of nitrogens with one attached hydrogen (secondary N) is 1. The van der Waals surface area contributed by atoms with Crippen LogP contribution >= 0.6 is 7.37 Å². The Morgan fingerprint density at radius 3 is 2.40 bits per heavy atom. The smallest absolute Gasteiger partial charge is 0.207 e. The Bertz CT molecular complexity index is 742. The van der Waals surface area contributed by atoms with Crippen LogP contribution in [-0.2, 0) is 17.1 Å². The number of aliphatic hydroxyl groups is 1. The maximum absolute atomic E-state index is 12.2. The fourth-order valence-corrected chi connectivity index (χ4v) is 4.27. The minimum Gasteiger partial charge on any atom is -0.391 e. The lowest BCUT2D eigenvalue weighted by Crippen LogP contribution is -2.31. The molecule has 25 heavy (non-hydrogen) atoms. The van der Waals surface area contributed by atoms with E-state index in [9.17, 15) is 14.6 Å². The van der Waals surface area contributed by atoms with Crippen molar-refractivity contribution in [2.75, 3.05) is 19.3 Å². The molecule has 0 aliphatic carbocycles. The van der Waals surface area contributed by atoms with E-state index in [-0.39, 0.29) is 18.9 Å². The molecule has 2 aromatic rings. The molecule has 0 heterocycles. The van der Waals surface area contributed by atoms with Crippen LogP contribution in [0.15, 0.2) is 54.6 Å². The Morgan fingerprint density at radius 1 is 1.08 bits per heavy atom. The molecule has 132 valence electrons. The van der Waals surface area contributed by atoms with E-state index < -0.39 is 13.5 Å². The maximum atomic E-state index is 12.2. The summed E-state index contributed by atoms with van der Waals surface area (Å²) < 4.78 is 12.2. The summed E-state index contributed by atoms with van der Waals surface area (Å²) in [5.41, 5.74) is 2.52. The molecule has 0 aliphatic rings. The van der Waals surface area contributed by atoms with Crippen LogP contribution in [0.5, 0.6) is 0 Å². The molecule has 0 saturated carbocycles. The quantitative estimate of drug-likeness (QED) is 0.473. The zero-order valence-electron chi connectivity index (χ0n) is 14.0. The summed E-state index contributed by atoms with van der Waals surface area (Å²) in [7, 11) is -3.41. The minimum atomic E-state index is -3.41. The SMILES string of the molecule is N#Cc1ccc(CCNC[C@H](O)CP(=O)(O)Cc2ccccc2)cc1. The molecule has 6 heteroatoms. The van der Waals surface area contributed by atoms with Gasteiger partial charge in [-0.2, -0.15) is 5.26 Å². The highest BCUT2D eigenvalue weighted by atomic mass is 31.2. The number of benzene rings is 2. The van der Waals surface area contributed by atoms with Gasteiger partial charge in [-0.05, 0) is 36.2 Å². The third-order valence-corrected chi connectivity index (χ3v) is 5.67. The molecule has 0 fully saturated rings. The average molecular weight is 358 g/mol. The standard InChI is InChI=1S/C19H23N2O3P/c20-12-17-8-6-16(7-9-17)10-11-21-13-19(22)15-25(23,24)14-18-4-2-1-3-5-18/h1-9,19,21-22H,10-11,13-15H2,(H,23,24)/t19-/m0/s1. The van der Waals surface area contributed by atoms with Gasteiger partial charge in [0.25, 0.3) is 0 Å². The summed E-state index contributed by atoms with van der Waals surface area (Å²) >= 11 is 0. The molecule has 2 rings (SSSR count). The molecular formula is C19H23N2O3P. The monoisotopic (exact) mass is 358 g/mol. The predicted molar refractivity (Wildman–Crippen MR) is 98.6 cm³/mol. The molecule has 1 unspecified atom stereocenters. The second-order valence-corrected chi connectivity index (χ2v) is 8.46. The Morgan fingerprint density at radius 2 is 1.76 bits per heavy atom. The van der Waals surface area contributed by atoms with Crippen LogP contribution in [0.3, 0.4) is 0 Å². The summed E-state index contributed by atoms with van der Waals surface area (Å²) in [5, 5.41) is 21.9. The lowest BCUT2D eigenvalue weighted by atomic mass is 10.1. The van der Waals surface area contributed by atoms with Crippen LogP contribution in [-0.4, -0.2) is 35.4 Å². The van der Waals surface area contributed by atoms with Crippen LogP contribution in [0.25, 0.3) is 0 Å². The molecule has 0 aliphatic heterocycles. The van der Waals surface area contributed by atoms with Crippen molar-refractivity contribution in [1.29, 1.82) is 5.26 Å². The summed E-state index contributed by atoms with van der Waals surface area (Å²) in [4.78, 5) is 10.1. The van der Waals surface area contributed by atoms with Gasteiger partial charge in [0, 0.05) is 12.7 Å². The molecule has 0 amide bonds. The Hall–Kier alpha value is -1.96. The van der Waals surface area contributed by atoms with Crippen LogP contribution in [0.1, 0.15) is 16.7 Å². The van der Waals surface area contributed by atoms with Gasteiger partial charge < -0.3 is 15.3 Å². The number of hydrogen-bond acceptors (Lipinski definition) is 4. The summed E-state index contributed by atoms with van der Waals surface area (Å²) in [6.07, 6.45) is -0.137. The first-order valence-corrected chi connectivity index (χ1v) is 10.2. The molecule has 0 aromatic heterocycles. The van der Waals surface area contributed by atoms with Gasteiger partial charge in [-0.25, -0.2) is 0 Å². The van der Waals surface area contributed by atoms with E-state index in [1.807, 2.05) is 42.5 Å². The number of nitrogens with zero attached hydrogens (tertiary/aromatic N) is 1. The molecule has 0 bridgehead atoms. The van der Waals surface area contributed by atoms with Crippen LogP contribution < -0.4 is 5.32 Å². The molecule has 2 aromatic carbocycles. The van der Waals surface area contributed by atoms with Crippen molar-refractivity contribution in [2.45, 2.75) is 18.7 Å². The first-order valence-electron chi connectivity index (χ1n) is 8.21. The first-order chi connectivity index (χ1) is 12.0. The average Bonchev–Trinajstić information content (AvgIpc) is 2.59. The fraction of sp³-hybridized carbons (Fsp3) is 0.316. The molecule has 3 N–H and O–H groups in total. The number of nitriles is 1. The number of hydrogen-bond donors (Lipinski definition) is 3. The molecule has 0 saturated heterocycles. The van der Waals surface area contributed by atoms with Crippen molar-refractivity contribution in [1.82, 2.24) is 5.32 Å². The normalized spacial score (nSPS) is 14.4. The zero-order valence-corrected chi connectivity index (χ0v) is 14.9. The van der Waals surface area contributed by atoms with Gasteiger partial charge >= 0.3 is 0 Å². The first kappa shape index (κ1) is 19.4. The lowest BCUT2D eigenvalue weighted by Gasteiger charge is -2.17. The van der Waals surface area contributed by atoms with E-state index >= 15 is 0 Å². The summed E-state index contributed by atoms with van der Waals surface area (Å²) in [6.45, 7) is 0.924. The van der Waals surface area contributed by atoms with Crippen molar-refractivity contribution < 1.29 is 14.6 Å². The summed E-state index contributed by atoms with van der Waals surface area (Å²) in [5.74, 6) is 0. The Kier molecular flexibility index (Phi) is 7.36. The van der Waals surface area contributed by atoms with E-state index in [2.05, 4.69) is 11.4 Å². The van der Waals surface area contributed by atoms with Crippen molar-refractivity contribution in [3.8, 4) is 6.07 Å². The van der Waals surface area contributed by atoms with Crippen molar-refractivity contribution in [3.63, 3.8) is 0 Å². The van der Waals surface area contributed by atoms with Crippen molar-refractivity contribution in [3.05, 3.63) is 71.3 Å². The van der Waals surface area contributed by atoms with Gasteiger partial charge in [0.15, 0.2) is 0 Å². The largest absolute Gasteiger partial charge is 0.391 e. The third kappa shape index (κ3) is 7.21. The Balaban J connectivity index is 1.70. The molecule has 5 nitrogen and oxygen atoms in total. The third-order valence-electron chi connectivity index (χ3n) is 3.82. The van der Waals surface area contributed by atoms with Crippen molar-refractivity contribution >= 4 is 7.37 Å². The summed E-state index contributed by atoms with van der Waals surface area (Å²) in [6, 6.07) is 18.6. The predicted octanol–water partition coefficient (Wildman–Crippen LogP) is 2.52. The Labute approximate surface area is 148 Å². The van der Waals surface area contributed by atoms with Gasteiger partial charge in [0.2, 0.25) is 7.37 Å². The minimum absolute atomic E-state index is 0.0795. The van der Waals surface area contributed by atoms with Crippen LogP contribution in [0, 0.1) is 11.3 Å². The van der Waals surface area contributed by atoms with Crippen molar-refractivity contribution in [2.24, 2.45) is 0 Å². The second kappa shape index (κ2) is 9.50. The van der Waals surface area contributed by atoms with E-state index in [1.54, 1.807) is 12.1 Å². The van der Waals surface area contributed by atoms with Gasteiger partial charge in [-0.15, -0.1) is 0 Å². The van der Waals surface area contributed by atoms with E-state index in [1.165, 1.54) is 0 Å². The van der Waals surface area contributed by atoms with E-state index in [0.29, 0.717) is 12.1 Å². The number of aliphatic hydroxyl groups excluding tert-OH is 1. The van der Waals surface area contributed by atoms with Crippen LogP contribution in [0.4, 0.5) is 0 Å². The topological polar surface area (TPSA) is 93.4 Å². The van der Waals surface area contributed by atoms with Gasteiger partial charge in [-0.3, -0.25) is 4.57 Å². The molecule has 0 spiro atoms. The molecular weight excluding hydrogens is 335 g/mol. The van der Waals surface area contributed by atoms with E-state index in [4.69, 9.17) is 5.26 Å². The van der Waals surface area contributed by atoms with E-state index in [0.717, 1.165) is 17.5 Å². The zero-order chi connectivity index (χ0) is 18.1. The van der Waals surface area contributed by atoms with Gasteiger partial charge in [0.05, 0.1) is 23.9 Å². The second-order valence-electron chi connectivity index (χ2n) is 6.09. The highest BCUT2D eigenvalue weighted by Crippen LogP contribution is 2.44. The highest BCUT2D eigenvalue weighted by Gasteiger charge is 2.23. The number of rotatable bonds is 9. The van der Waals surface area contributed by atoms with Crippen LogP contribution in [0.2, 0.25) is 0 Å².